The van der Waals surface area contributed by atoms with Gasteiger partial charge in [-0.05, 0) is 95.2 Å². The number of nitrogens with one attached hydrogen (secondary N) is 10. The smallest absolute Gasteiger partial charge is 0.303 e. The second kappa shape index (κ2) is 49.7. The number of thioether (sulfide) groups is 1. The number of guanidine groups is 1. The van der Waals surface area contributed by atoms with Crippen LogP contribution in [-0.4, -0.2) is 189 Å². The number of carbonyl (C=O) groups excluding carboxylic acids is 11. The zero-order valence-corrected chi connectivity index (χ0v) is 56.4. The highest BCUT2D eigenvalue weighted by Crippen LogP contribution is 2.14. The third-order valence-electron chi connectivity index (χ3n) is 14.4. The minimum Gasteiger partial charge on any atom is -0.481 e. The maximum Gasteiger partial charge on any atom is 0.303 e. The zero-order chi connectivity index (χ0) is 69.7. The third-order valence-corrected chi connectivity index (χ3v) is 15.0. The van der Waals surface area contributed by atoms with E-state index in [1.54, 1.807) is 13.2 Å². The number of Topliss-reactive ketones (excluding diaryl/α,β-unsaturated/α-hetero) is 4. The number of rotatable bonds is 52. The van der Waals surface area contributed by atoms with Crippen molar-refractivity contribution >= 4 is 88.2 Å². The van der Waals surface area contributed by atoms with Gasteiger partial charge in [0.2, 0.25) is 64.5 Å². The first kappa shape index (κ1) is 85.1. The minimum absolute atomic E-state index is 0.0265. The largest absolute Gasteiger partial charge is 0.481 e. The van der Waals surface area contributed by atoms with Gasteiger partial charge in [-0.3, -0.25) is 68.4 Å². The minimum atomic E-state index is -1.61. The van der Waals surface area contributed by atoms with Crippen LogP contribution in [-0.2, 0) is 64.0 Å². The molecular formula is C61H110N16O14S. The molecule has 0 fully saturated rings. The van der Waals surface area contributed by atoms with Crippen LogP contribution in [0.25, 0.3) is 0 Å². The molecule has 0 aliphatic rings. The lowest BCUT2D eigenvalue weighted by Crippen LogP contribution is -2.58. The molecule has 1 aromatic rings. The Morgan fingerprint density at radius 2 is 1.09 bits per heavy atom. The number of aliphatic hydroxyl groups is 1. The number of nitrogens with zero attached hydrogens (tertiary/aromatic N) is 2. The lowest BCUT2D eigenvalue weighted by atomic mass is 9.93. The molecule has 1 aromatic heterocycles. The highest BCUT2D eigenvalue weighted by atomic mass is 32.2. The molecule has 0 aliphatic carbocycles. The summed E-state index contributed by atoms with van der Waals surface area (Å²) in [6.07, 6.45) is 13.5. The molecule has 0 aliphatic heterocycles. The topological polar surface area (TPSA) is 499 Å². The summed E-state index contributed by atoms with van der Waals surface area (Å²) in [5.41, 5.74) is 19.1. The van der Waals surface area contributed by atoms with Crippen molar-refractivity contribution in [1.82, 2.24) is 57.9 Å². The van der Waals surface area contributed by atoms with E-state index in [1.807, 2.05) is 27.7 Å². The van der Waals surface area contributed by atoms with Gasteiger partial charge < -0.3 is 74.9 Å². The summed E-state index contributed by atoms with van der Waals surface area (Å²) in [7, 11) is 0. The summed E-state index contributed by atoms with van der Waals surface area (Å²) in [6.45, 7) is 15.0. The normalized spacial score (nSPS) is 14.1. The number of carbonyl (C=O) groups is 12. The van der Waals surface area contributed by atoms with Gasteiger partial charge in [0, 0.05) is 37.7 Å². The number of nitrogens with two attached hydrogens (primary N) is 4. The molecular weight excluding hydrogens is 1210 g/mol. The fourth-order valence-electron chi connectivity index (χ4n) is 9.37. The first-order chi connectivity index (χ1) is 43.6. The van der Waals surface area contributed by atoms with Gasteiger partial charge in [0.15, 0.2) is 5.96 Å². The zero-order valence-electron chi connectivity index (χ0n) is 55.6. The molecule has 0 spiro atoms. The Kier molecular flexibility index (Phi) is 45.9. The Morgan fingerprint density at radius 3 is 1.61 bits per heavy atom. The van der Waals surface area contributed by atoms with E-state index in [0.29, 0.717) is 50.1 Å². The van der Waals surface area contributed by atoms with Gasteiger partial charge in [-0.25, -0.2) is 10.4 Å². The number of aliphatic imine (C=N–C) groups is 1. The number of aromatic amines is 1. The average Bonchev–Trinajstić information content (AvgIpc) is 1.45. The van der Waals surface area contributed by atoms with Crippen LogP contribution in [0.1, 0.15) is 183 Å². The molecule has 0 radical (unpaired) electrons. The van der Waals surface area contributed by atoms with Gasteiger partial charge in [-0.2, -0.15) is 11.8 Å². The van der Waals surface area contributed by atoms with Crippen LogP contribution in [0.3, 0.4) is 0 Å². The molecule has 0 saturated carbocycles. The number of aliphatic hydroxyl groups excluding tert-OH is 1. The highest BCUT2D eigenvalue weighted by Gasteiger charge is 2.37. The first-order valence-corrected chi connectivity index (χ1v) is 33.5. The van der Waals surface area contributed by atoms with E-state index in [9.17, 15) is 67.7 Å². The third kappa shape index (κ3) is 37.5. The van der Waals surface area contributed by atoms with E-state index in [1.165, 1.54) is 69.7 Å². The molecule has 0 bridgehead atoms. The lowest BCUT2D eigenvalue weighted by Gasteiger charge is -2.26. The number of H-pyrrole nitrogens is 1. The number of likely N-dealkylation sites (N-methyl/N-ethyl adjacent to an activating group) is 1. The van der Waals surface area contributed by atoms with Gasteiger partial charge in [-0.15, -0.1) is 0 Å². The van der Waals surface area contributed by atoms with E-state index >= 15 is 0 Å². The monoisotopic (exact) mass is 1320 g/mol. The number of primary amides is 1. The van der Waals surface area contributed by atoms with Crippen LogP contribution < -0.4 is 71.0 Å². The second-order valence-corrected chi connectivity index (χ2v) is 24.5. The molecule has 1 rings (SSSR count). The number of imidazole rings is 1. The van der Waals surface area contributed by atoms with Crippen LogP contribution in [0, 0.1) is 11.8 Å². The number of aliphatic carboxylic acids is 1. The summed E-state index contributed by atoms with van der Waals surface area (Å²) in [5, 5.41) is 40.5. The maximum atomic E-state index is 14.0. The Labute approximate surface area is 546 Å². The van der Waals surface area contributed by atoms with Crippen molar-refractivity contribution in [2.75, 3.05) is 38.2 Å². The van der Waals surface area contributed by atoms with E-state index in [4.69, 9.17) is 23.0 Å². The van der Waals surface area contributed by atoms with Crippen LogP contribution >= 0.6 is 11.8 Å². The van der Waals surface area contributed by atoms with Gasteiger partial charge in [-0.1, -0.05) is 99.8 Å². The van der Waals surface area contributed by atoms with Crippen LogP contribution in [0.2, 0.25) is 0 Å². The van der Waals surface area contributed by atoms with Crippen molar-refractivity contribution in [2.45, 2.75) is 238 Å². The Balaban J connectivity index is 0.00000963. The van der Waals surface area contributed by atoms with Gasteiger partial charge in [0.1, 0.15) is 30.2 Å². The molecule has 9 atom stereocenters. The van der Waals surface area contributed by atoms with Gasteiger partial charge >= 0.3 is 5.97 Å². The molecule has 7 amide bonds. The predicted octanol–water partition coefficient (Wildman–Crippen LogP) is -0.126. The van der Waals surface area contributed by atoms with E-state index < -0.39 is 151 Å². The first-order valence-electron chi connectivity index (χ1n) is 32.1. The second-order valence-electron chi connectivity index (χ2n) is 23.5. The Hall–Kier alpha value is -6.93. The summed E-state index contributed by atoms with van der Waals surface area (Å²) in [6, 6.07) is -11.6. The van der Waals surface area contributed by atoms with Crippen molar-refractivity contribution in [3.05, 3.63) is 18.2 Å². The molecule has 20 N–H and O–H groups in total. The number of hydrogen-bond acceptors (Lipinski definition) is 20. The van der Waals surface area contributed by atoms with Crippen LogP contribution in [0.15, 0.2) is 17.5 Å². The fraction of sp³-hybridized carbons (Fsp3) is 0.738. The van der Waals surface area contributed by atoms with Gasteiger partial charge in [0.25, 0.3) is 0 Å². The average molecular weight is 1320 g/mol. The quantitative estimate of drug-likeness (QED) is 0.0101. The molecule has 1 heterocycles. The van der Waals surface area contributed by atoms with E-state index in [-0.39, 0.29) is 69.4 Å². The predicted molar refractivity (Wildman–Crippen MR) is 352 cm³/mol. The number of hydrogen-bond donors (Lipinski definition) is 16. The molecule has 92 heavy (non-hydrogen) atoms. The summed E-state index contributed by atoms with van der Waals surface area (Å²) in [5.74, 6) is -5.12. The molecule has 0 saturated heterocycles. The van der Waals surface area contributed by atoms with Crippen LogP contribution in [0.4, 0.5) is 0 Å². The molecule has 4 unspecified atom stereocenters. The Bertz CT molecular complexity index is 2440. The van der Waals surface area contributed by atoms with Gasteiger partial charge in [0.05, 0.1) is 43.5 Å². The summed E-state index contributed by atoms with van der Waals surface area (Å²) < 4.78 is 0. The van der Waals surface area contributed by atoms with Crippen molar-refractivity contribution in [2.24, 2.45) is 39.9 Å². The fourth-order valence-corrected chi connectivity index (χ4v) is 9.84. The number of carboxylic acids is 1. The van der Waals surface area contributed by atoms with Crippen molar-refractivity contribution in [3.8, 4) is 0 Å². The molecule has 31 heteroatoms. The maximum absolute atomic E-state index is 14.0. The SMILES string of the molecule is CCCCCCCC.CCNC(C)C(=O)C(=O)C(CCSC)NC(=O)[C@H](CCCN=C(N)N)NC(=O)C(CCC(=O)O)NC(=O)[C@H](CO)NC(=O)CCCCCCN[C@@H](CC(C)C)C(=O)C(=O)[C@H](Cc1cnc[nH]1)NC(=O)C(CC(N)=O)NC(=O)[C@H](CC(C)C)NN. The standard InChI is InChI=1S/C53H92N16O14S.C8H18/c1-8-59-31(6)44(75)45(76)33(18-21-84-7)64-48(79)34(14-13-20-61-53(55)56)65-49(80)35(16-17-43(73)74)66-52(83)40(27-70)63-42(72)15-11-9-10-12-19-60-36(22-29(2)3)46(77)47(78)37(24-32-26-58-28-62-32)67-50(81)38(25-41(54)71)68-51(82)39(69-57)23-30(4)5;1-3-5-7-8-6-4-2/h26,28-31,33-40,59-60,69-70H,8-25,27,57H2,1-7H3,(H2,54,71)(H,58,62)(H,63,72)(H,64,79)(H,65,80)(H,66,83)(H,67,81)(H,68,82)(H,73,74)(H4,55,56,61);3-8H2,1-2H3/t31?,33?,34-,35?,36-,37-,38?,39-,40-;/m0./s1. The van der Waals surface area contributed by atoms with Crippen molar-refractivity contribution in [1.29, 1.82) is 0 Å². The van der Waals surface area contributed by atoms with E-state index in [2.05, 4.69) is 76.8 Å². The van der Waals surface area contributed by atoms with Crippen molar-refractivity contribution in [3.63, 3.8) is 0 Å². The molecule has 30 nitrogen and oxygen atoms in total. The van der Waals surface area contributed by atoms with Crippen LogP contribution in [0.5, 0.6) is 0 Å². The number of carboxylic acid groups (broad SMARTS) is 1. The van der Waals surface area contributed by atoms with Crippen molar-refractivity contribution < 1.29 is 67.7 Å². The number of unbranched alkanes of at least 4 members (excludes halogenated alkanes) is 8. The number of ketones is 4. The number of aromatic nitrogens is 2. The lowest BCUT2D eigenvalue weighted by molar-refractivity contribution is -0.140. The Morgan fingerprint density at radius 1 is 0.576 bits per heavy atom. The number of hydrazine groups is 1. The highest BCUT2D eigenvalue weighted by molar-refractivity contribution is 7.98. The number of amides is 7. The van der Waals surface area contributed by atoms with E-state index in [0.717, 1.165) is 0 Å². The summed E-state index contributed by atoms with van der Waals surface area (Å²) >= 11 is 1.37. The summed E-state index contributed by atoms with van der Waals surface area (Å²) in [4.78, 5) is 170. The molecule has 524 valence electrons. The molecule has 0 aromatic carbocycles.